The van der Waals surface area contributed by atoms with Crippen LogP contribution in [0.3, 0.4) is 0 Å². The molecule has 0 fully saturated rings. The SMILES string of the molecule is Cc1ccc(-c2ccc(-n3c4c(c5ccccc53)-c3oc5c(c3CC4)C=CCC5)cc2)cc1-c1ccc2c(c1)-c1ccccc1C2(C)C. The second-order valence-corrected chi connectivity index (χ2v) is 14.4. The number of aromatic nitrogens is 1. The second-order valence-electron chi connectivity index (χ2n) is 14.4. The number of aryl methyl sites for hydroxylation is 2. The molecule has 10 rings (SSSR count). The Hall–Kier alpha value is -5.34. The normalized spacial score (nSPS) is 15.1. The zero-order chi connectivity index (χ0) is 32.1. The Bertz CT molecular complexity index is 2480. The number of nitrogens with zero attached hydrogens (tertiary/aromatic N) is 1. The van der Waals surface area contributed by atoms with Crippen molar-refractivity contribution >= 4 is 17.0 Å². The number of benzene rings is 5. The number of hydrogen-bond acceptors (Lipinski definition) is 1. The first-order valence-corrected chi connectivity index (χ1v) is 17.4. The minimum Gasteiger partial charge on any atom is -0.460 e. The van der Waals surface area contributed by atoms with E-state index in [1.165, 1.54) is 89.0 Å². The molecule has 0 N–H and O–H groups in total. The van der Waals surface area contributed by atoms with Gasteiger partial charge < -0.3 is 8.98 Å². The highest BCUT2D eigenvalue weighted by molar-refractivity contribution is 6.00. The van der Waals surface area contributed by atoms with E-state index in [-0.39, 0.29) is 5.41 Å². The molecule has 7 aromatic rings. The molecule has 232 valence electrons. The number of allylic oxidation sites excluding steroid dienone is 1. The number of fused-ring (bicyclic) bond motifs is 10. The molecule has 0 radical (unpaired) electrons. The average molecular weight is 620 g/mol. The lowest BCUT2D eigenvalue weighted by Crippen LogP contribution is -2.14. The summed E-state index contributed by atoms with van der Waals surface area (Å²) in [5.41, 5.74) is 19.7. The molecule has 0 aliphatic heterocycles. The van der Waals surface area contributed by atoms with E-state index >= 15 is 0 Å². The third-order valence-corrected chi connectivity index (χ3v) is 11.4. The van der Waals surface area contributed by atoms with Gasteiger partial charge >= 0.3 is 0 Å². The third kappa shape index (κ3) is 3.86. The first kappa shape index (κ1) is 27.7. The van der Waals surface area contributed by atoms with Gasteiger partial charge in [-0.2, -0.15) is 0 Å². The van der Waals surface area contributed by atoms with Gasteiger partial charge in [-0.25, -0.2) is 0 Å². The van der Waals surface area contributed by atoms with Crippen molar-refractivity contribution in [2.45, 2.75) is 51.9 Å². The van der Waals surface area contributed by atoms with E-state index in [4.69, 9.17) is 4.42 Å². The van der Waals surface area contributed by atoms with Crippen LogP contribution in [0.5, 0.6) is 0 Å². The average Bonchev–Trinajstić information content (AvgIpc) is 3.74. The van der Waals surface area contributed by atoms with Gasteiger partial charge in [0, 0.05) is 45.3 Å². The third-order valence-electron chi connectivity index (χ3n) is 11.4. The highest BCUT2D eigenvalue weighted by Crippen LogP contribution is 2.50. The van der Waals surface area contributed by atoms with Crippen molar-refractivity contribution in [3.8, 4) is 50.4 Å². The molecule has 2 aromatic heterocycles. The number of furan rings is 1. The van der Waals surface area contributed by atoms with E-state index < -0.39 is 0 Å². The summed E-state index contributed by atoms with van der Waals surface area (Å²) in [5.74, 6) is 2.24. The number of hydrogen-bond donors (Lipinski definition) is 0. The molecule has 0 atom stereocenters. The Kier molecular flexibility index (Phi) is 5.83. The van der Waals surface area contributed by atoms with Crippen molar-refractivity contribution < 1.29 is 4.42 Å². The predicted molar refractivity (Wildman–Crippen MR) is 199 cm³/mol. The van der Waals surface area contributed by atoms with Crippen molar-refractivity contribution in [1.82, 2.24) is 4.57 Å². The first-order valence-electron chi connectivity index (χ1n) is 17.4. The Morgan fingerprint density at radius 3 is 2.31 bits per heavy atom. The maximum atomic E-state index is 6.63. The van der Waals surface area contributed by atoms with Crippen LogP contribution in [0.2, 0.25) is 0 Å². The Morgan fingerprint density at radius 2 is 1.42 bits per heavy atom. The standard InChI is InChI=1S/C46H37NO/c1-28-16-17-30(26-37(28)31-20-24-40-38(27-31)33-10-4-7-13-39(33)46(40,2)3)29-18-21-32(22-19-29)47-41-14-8-5-12-36(41)44-42(47)25-23-35-34-11-6-9-15-43(34)48-45(35)44/h4-8,10-14,16-22,24,26-27H,9,15,23,25H2,1-3H3. The monoisotopic (exact) mass is 619 g/mol. The molecule has 0 amide bonds. The molecule has 3 aliphatic carbocycles. The van der Waals surface area contributed by atoms with Gasteiger partial charge in [-0.05, 0) is 107 Å². The largest absolute Gasteiger partial charge is 0.460 e. The maximum Gasteiger partial charge on any atom is 0.140 e. The van der Waals surface area contributed by atoms with Gasteiger partial charge in [-0.15, -0.1) is 0 Å². The molecule has 0 unspecified atom stereocenters. The van der Waals surface area contributed by atoms with Crippen LogP contribution >= 0.6 is 0 Å². The van der Waals surface area contributed by atoms with Crippen LogP contribution < -0.4 is 0 Å². The molecular formula is C46H37NO. The fourth-order valence-corrected chi connectivity index (χ4v) is 8.90. The zero-order valence-electron chi connectivity index (χ0n) is 27.7. The molecule has 48 heavy (non-hydrogen) atoms. The van der Waals surface area contributed by atoms with Crippen LogP contribution in [0.15, 0.2) is 120 Å². The van der Waals surface area contributed by atoms with Crippen LogP contribution in [0.1, 0.15) is 59.5 Å². The fraction of sp³-hybridized carbons (Fsp3) is 0.174. The molecule has 5 aromatic carbocycles. The molecule has 3 aliphatic rings. The summed E-state index contributed by atoms with van der Waals surface area (Å²) in [5, 5.41) is 1.27. The summed E-state index contributed by atoms with van der Waals surface area (Å²) < 4.78 is 9.11. The quantitative estimate of drug-likeness (QED) is 0.192. The molecule has 2 nitrogen and oxygen atoms in total. The van der Waals surface area contributed by atoms with Gasteiger partial charge in [-0.1, -0.05) is 105 Å². The highest BCUT2D eigenvalue weighted by Gasteiger charge is 2.35. The molecule has 2 heterocycles. The van der Waals surface area contributed by atoms with Crippen LogP contribution in [-0.2, 0) is 24.7 Å². The predicted octanol–water partition coefficient (Wildman–Crippen LogP) is 11.9. The maximum absolute atomic E-state index is 6.63. The van der Waals surface area contributed by atoms with Gasteiger partial charge in [0.25, 0.3) is 0 Å². The Morgan fingerprint density at radius 1 is 0.667 bits per heavy atom. The Balaban J connectivity index is 1.04. The Labute approximate surface area is 282 Å². The van der Waals surface area contributed by atoms with Gasteiger partial charge in [-0.3, -0.25) is 0 Å². The second kappa shape index (κ2) is 10.1. The first-order chi connectivity index (χ1) is 23.5. The lowest BCUT2D eigenvalue weighted by molar-refractivity contribution is 0.517. The summed E-state index contributed by atoms with van der Waals surface area (Å²) in [6.45, 7) is 6.92. The van der Waals surface area contributed by atoms with Crippen LogP contribution in [0, 0.1) is 6.92 Å². The molecule has 0 spiro atoms. The van der Waals surface area contributed by atoms with Crippen LogP contribution in [-0.4, -0.2) is 4.57 Å². The van der Waals surface area contributed by atoms with Gasteiger partial charge in [0.1, 0.15) is 11.5 Å². The van der Waals surface area contributed by atoms with Gasteiger partial charge in [0.05, 0.1) is 5.52 Å². The van der Waals surface area contributed by atoms with E-state index in [9.17, 15) is 0 Å². The highest BCUT2D eigenvalue weighted by atomic mass is 16.3. The lowest BCUT2D eigenvalue weighted by atomic mass is 9.82. The minimum atomic E-state index is 0.0182. The van der Waals surface area contributed by atoms with E-state index in [1.54, 1.807) is 0 Å². The molecule has 0 saturated carbocycles. The fourth-order valence-electron chi connectivity index (χ4n) is 8.90. The van der Waals surface area contributed by atoms with Crippen molar-refractivity contribution in [3.63, 3.8) is 0 Å². The van der Waals surface area contributed by atoms with Crippen molar-refractivity contribution in [2.75, 3.05) is 0 Å². The summed E-state index contributed by atoms with van der Waals surface area (Å²) in [6.07, 6.45) is 8.64. The minimum absolute atomic E-state index is 0.0182. The van der Waals surface area contributed by atoms with E-state index in [0.717, 1.165) is 37.2 Å². The summed E-state index contributed by atoms with van der Waals surface area (Å²) in [6, 6.07) is 40.9. The van der Waals surface area contributed by atoms with E-state index in [2.05, 4.69) is 147 Å². The molecule has 0 bridgehead atoms. The van der Waals surface area contributed by atoms with Crippen molar-refractivity contribution in [2.24, 2.45) is 0 Å². The molecular weight excluding hydrogens is 583 g/mol. The van der Waals surface area contributed by atoms with Crippen LogP contribution in [0.4, 0.5) is 0 Å². The molecule has 0 saturated heterocycles. The van der Waals surface area contributed by atoms with Crippen molar-refractivity contribution in [3.05, 3.63) is 155 Å². The lowest BCUT2D eigenvalue weighted by Gasteiger charge is -2.21. The smallest absolute Gasteiger partial charge is 0.140 e. The summed E-state index contributed by atoms with van der Waals surface area (Å²) in [7, 11) is 0. The molecule has 2 heteroatoms. The van der Waals surface area contributed by atoms with Crippen LogP contribution in [0.25, 0.3) is 67.4 Å². The topological polar surface area (TPSA) is 18.1 Å². The van der Waals surface area contributed by atoms with Gasteiger partial charge in [0.15, 0.2) is 0 Å². The van der Waals surface area contributed by atoms with Gasteiger partial charge in [0.2, 0.25) is 0 Å². The van der Waals surface area contributed by atoms with E-state index in [0.29, 0.717) is 0 Å². The summed E-state index contributed by atoms with van der Waals surface area (Å²) >= 11 is 0. The summed E-state index contributed by atoms with van der Waals surface area (Å²) in [4.78, 5) is 0. The zero-order valence-corrected chi connectivity index (χ0v) is 27.7. The number of para-hydroxylation sites is 1. The number of rotatable bonds is 3. The van der Waals surface area contributed by atoms with Crippen molar-refractivity contribution in [1.29, 1.82) is 0 Å². The van der Waals surface area contributed by atoms with E-state index in [1.807, 2.05) is 0 Å².